The van der Waals surface area contributed by atoms with Gasteiger partial charge < -0.3 is 10.1 Å². The highest BCUT2D eigenvalue weighted by Crippen LogP contribution is 2.34. The third-order valence-corrected chi connectivity index (χ3v) is 6.37. The van der Waals surface area contributed by atoms with Crippen LogP contribution in [-0.4, -0.2) is 30.2 Å². The first-order chi connectivity index (χ1) is 18.2. The Bertz CT molecular complexity index is 1680. The van der Waals surface area contributed by atoms with Crippen LogP contribution in [0.3, 0.4) is 0 Å². The van der Waals surface area contributed by atoms with Crippen LogP contribution in [-0.2, 0) is 25.0 Å². The Morgan fingerprint density at radius 1 is 1.08 bits per heavy atom. The van der Waals surface area contributed by atoms with Crippen LogP contribution >= 0.6 is 0 Å². The van der Waals surface area contributed by atoms with Gasteiger partial charge in [-0.1, -0.05) is 17.7 Å². The maximum atomic E-state index is 15.2. The lowest BCUT2D eigenvalue weighted by Gasteiger charge is -2.13. The van der Waals surface area contributed by atoms with Gasteiger partial charge in [-0.15, -0.1) is 0 Å². The number of halogens is 1. The van der Waals surface area contributed by atoms with Gasteiger partial charge in [0.25, 0.3) is 0 Å². The summed E-state index contributed by atoms with van der Waals surface area (Å²) in [5.74, 6) is -0.248. The van der Waals surface area contributed by atoms with Crippen LogP contribution in [0.25, 0.3) is 22.2 Å². The van der Waals surface area contributed by atoms with Crippen LogP contribution in [0.4, 0.5) is 10.1 Å². The predicted molar refractivity (Wildman–Crippen MR) is 143 cm³/mol. The molecule has 0 saturated heterocycles. The molecular weight excluding hydrogens is 487 g/mol. The summed E-state index contributed by atoms with van der Waals surface area (Å²) in [6.07, 6.45) is 1.36. The van der Waals surface area contributed by atoms with Gasteiger partial charge in [-0.05, 0) is 73.9 Å². The summed E-state index contributed by atoms with van der Waals surface area (Å²) in [6, 6.07) is 14.4. The minimum atomic E-state index is -0.531. The lowest BCUT2D eigenvalue weighted by Crippen LogP contribution is -2.28. The molecule has 0 atom stereocenters. The summed E-state index contributed by atoms with van der Waals surface area (Å²) < 4.78 is 23.8. The number of carbonyl (C=O) groups excluding carboxylic acids is 1. The average Bonchev–Trinajstić information content (AvgIpc) is 3.47. The number of aromatic amines is 1. The Hall–Kier alpha value is -4.73. The molecule has 0 bridgehead atoms. The van der Waals surface area contributed by atoms with E-state index in [0.717, 1.165) is 11.1 Å². The SMILES string of the molecule is Cc1ccc(NC(=O)Cn2c(=O)n(C)c3c(-c4cc(C)c(OCc5ncn[nH]5)c(F)c4)cc(C)cc32)cc1. The number of benzene rings is 3. The van der Waals surface area contributed by atoms with Gasteiger partial charge >= 0.3 is 5.69 Å². The molecular formula is C28H27FN6O3. The Morgan fingerprint density at radius 3 is 2.53 bits per heavy atom. The number of nitrogens with zero attached hydrogens (tertiary/aromatic N) is 4. The second-order valence-corrected chi connectivity index (χ2v) is 9.35. The van der Waals surface area contributed by atoms with Crippen molar-refractivity contribution in [3.8, 4) is 16.9 Å². The number of carbonyl (C=O) groups is 1. The van der Waals surface area contributed by atoms with Gasteiger partial charge in [-0.3, -0.25) is 19.0 Å². The number of H-pyrrole nitrogens is 1. The van der Waals surface area contributed by atoms with Crippen LogP contribution in [0.2, 0.25) is 0 Å². The van der Waals surface area contributed by atoms with Gasteiger partial charge in [0.2, 0.25) is 5.91 Å². The number of nitrogens with one attached hydrogen (secondary N) is 2. The lowest BCUT2D eigenvalue weighted by molar-refractivity contribution is -0.116. The van der Waals surface area contributed by atoms with Gasteiger partial charge in [-0.2, -0.15) is 5.10 Å². The first kappa shape index (κ1) is 24.9. The second kappa shape index (κ2) is 9.97. The van der Waals surface area contributed by atoms with E-state index in [1.807, 2.05) is 56.3 Å². The number of aromatic nitrogens is 5. The van der Waals surface area contributed by atoms with E-state index < -0.39 is 5.82 Å². The van der Waals surface area contributed by atoms with E-state index in [9.17, 15) is 9.59 Å². The molecule has 2 N–H and O–H groups in total. The van der Waals surface area contributed by atoms with E-state index in [4.69, 9.17) is 4.74 Å². The highest BCUT2D eigenvalue weighted by molar-refractivity contribution is 5.96. The van der Waals surface area contributed by atoms with Crippen molar-refractivity contribution in [2.24, 2.45) is 7.05 Å². The molecule has 2 aromatic heterocycles. The summed E-state index contributed by atoms with van der Waals surface area (Å²) in [5, 5.41) is 9.29. The second-order valence-electron chi connectivity index (χ2n) is 9.35. The standard InChI is InChI=1S/C28H27FN6O3/c1-16-5-7-20(8-6-16)32-25(36)13-35-23-10-17(2)9-21(26(23)34(4)28(35)37)19-11-18(3)27(22(29)12-19)38-14-24-30-15-31-33-24/h5-12,15H,13-14H2,1-4H3,(H,32,36)(H,30,31,33). The summed E-state index contributed by atoms with van der Waals surface area (Å²) in [5.41, 5.74) is 5.34. The van der Waals surface area contributed by atoms with Crippen molar-refractivity contribution in [3.05, 3.63) is 93.7 Å². The molecule has 10 heteroatoms. The van der Waals surface area contributed by atoms with Gasteiger partial charge in [0.1, 0.15) is 19.5 Å². The smallest absolute Gasteiger partial charge is 0.329 e. The van der Waals surface area contributed by atoms with Gasteiger partial charge in [0.05, 0.1) is 11.0 Å². The van der Waals surface area contributed by atoms with E-state index in [0.29, 0.717) is 39.2 Å². The van der Waals surface area contributed by atoms with Crippen molar-refractivity contribution in [1.82, 2.24) is 24.3 Å². The number of amides is 1. The number of aryl methyl sites for hydroxylation is 4. The minimum Gasteiger partial charge on any atom is -0.482 e. The largest absolute Gasteiger partial charge is 0.482 e. The molecule has 0 fully saturated rings. The number of imidazole rings is 1. The highest BCUT2D eigenvalue weighted by Gasteiger charge is 2.20. The minimum absolute atomic E-state index is 0.0494. The first-order valence-corrected chi connectivity index (χ1v) is 12.0. The number of hydrogen-bond donors (Lipinski definition) is 2. The van der Waals surface area contributed by atoms with Crippen molar-refractivity contribution >= 4 is 22.6 Å². The zero-order valence-corrected chi connectivity index (χ0v) is 21.5. The first-order valence-electron chi connectivity index (χ1n) is 12.0. The Labute approximate surface area is 217 Å². The molecule has 5 aromatic rings. The Balaban J connectivity index is 1.51. The maximum absolute atomic E-state index is 15.2. The van der Waals surface area contributed by atoms with E-state index in [1.165, 1.54) is 21.5 Å². The Morgan fingerprint density at radius 2 is 1.84 bits per heavy atom. The number of rotatable bonds is 7. The van der Waals surface area contributed by atoms with Crippen molar-refractivity contribution in [1.29, 1.82) is 0 Å². The van der Waals surface area contributed by atoms with Gasteiger partial charge in [0, 0.05) is 18.3 Å². The molecule has 0 spiro atoms. The number of anilines is 1. The summed E-state index contributed by atoms with van der Waals surface area (Å²) in [7, 11) is 1.65. The van der Waals surface area contributed by atoms with Gasteiger partial charge in [-0.25, -0.2) is 14.2 Å². The van der Waals surface area contributed by atoms with E-state index in [1.54, 1.807) is 14.0 Å². The van der Waals surface area contributed by atoms with Crippen LogP contribution < -0.4 is 15.7 Å². The van der Waals surface area contributed by atoms with Crippen molar-refractivity contribution in [2.45, 2.75) is 33.9 Å². The Kier molecular flexibility index (Phi) is 6.54. The molecule has 0 aliphatic heterocycles. The molecule has 9 nitrogen and oxygen atoms in total. The summed E-state index contributed by atoms with van der Waals surface area (Å²) in [6.45, 7) is 5.51. The van der Waals surface area contributed by atoms with Crippen LogP contribution in [0.1, 0.15) is 22.5 Å². The number of hydrogen-bond acceptors (Lipinski definition) is 5. The summed E-state index contributed by atoms with van der Waals surface area (Å²) in [4.78, 5) is 30.1. The monoisotopic (exact) mass is 514 g/mol. The fraction of sp³-hybridized carbons (Fsp3) is 0.214. The molecule has 0 saturated carbocycles. The average molecular weight is 515 g/mol. The molecule has 0 unspecified atom stereocenters. The van der Waals surface area contributed by atoms with Crippen molar-refractivity contribution in [2.75, 3.05) is 5.32 Å². The molecule has 38 heavy (non-hydrogen) atoms. The van der Waals surface area contributed by atoms with Gasteiger partial charge in [0.15, 0.2) is 17.4 Å². The predicted octanol–water partition coefficient (Wildman–Crippen LogP) is 4.41. The molecule has 3 aromatic carbocycles. The third-order valence-electron chi connectivity index (χ3n) is 6.37. The number of ether oxygens (including phenoxy) is 1. The van der Waals surface area contributed by atoms with E-state index >= 15 is 4.39 Å². The lowest BCUT2D eigenvalue weighted by atomic mass is 9.99. The van der Waals surface area contributed by atoms with Crippen molar-refractivity contribution in [3.63, 3.8) is 0 Å². The maximum Gasteiger partial charge on any atom is 0.329 e. The number of fused-ring (bicyclic) bond motifs is 1. The highest BCUT2D eigenvalue weighted by atomic mass is 19.1. The van der Waals surface area contributed by atoms with Crippen LogP contribution in [0, 0.1) is 26.6 Å². The normalized spacial score (nSPS) is 11.2. The molecule has 2 heterocycles. The topological polar surface area (TPSA) is 107 Å². The zero-order chi connectivity index (χ0) is 27.0. The van der Waals surface area contributed by atoms with E-state index in [2.05, 4.69) is 20.5 Å². The van der Waals surface area contributed by atoms with E-state index in [-0.39, 0.29) is 30.5 Å². The van der Waals surface area contributed by atoms with Crippen LogP contribution in [0.15, 0.2) is 59.7 Å². The molecule has 5 rings (SSSR count). The molecule has 0 aliphatic rings. The molecule has 0 aliphatic carbocycles. The molecule has 1 amide bonds. The van der Waals surface area contributed by atoms with Crippen LogP contribution in [0.5, 0.6) is 5.75 Å². The zero-order valence-electron chi connectivity index (χ0n) is 21.5. The molecule has 0 radical (unpaired) electrons. The third kappa shape index (κ3) is 4.80. The molecule has 194 valence electrons. The summed E-state index contributed by atoms with van der Waals surface area (Å²) >= 11 is 0. The fourth-order valence-corrected chi connectivity index (χ4v) is 4.56. The van der Waals surface area contributed by atoms with Crippen molar-refractivity contribution < 1.29 is 13.9 Å². The fourth-order valence-electron chi connectivity index (χ4n) is 4.56. The quantitative estimate of drug-likeness (QED) is 0.335.